The van der Waals surface area contributed by atoms with E-state index < -0.39 is 0 Å². The molecule has 0 aromatic carbocycles. The summed E-state index contributed by atoms with van der Waals surface area (Å²) in [5.74, 6) is 0.608. The van der Waals surface area contributed by atoms with Crippen LogP contribution >= 0.6 is 0 Å². The van der Waals surface area contributed by atoms with Gasteiger partial charge in [-0.2, -0.15) is 0 Å². The van der Waals surface area contributed by atoms with E-state index in [9.17, 15) is 0 Å². The maximum Gasteiger partial charge on any atom is 0.0486 e. The molecule has 2 nitrogen and oxygen atoms in total. The Hall–Kier alpha value is -0.500. The number of nitrogens with zero attached hydrogens (tertiary/aromatic N) is 1. The minimum atomic E-state index is 0.422. The number of nitrogens with one attached hydrogen (secondary N) is 1. The Labute approximate surface area is 94.7 Å². The van der Waals surface area contributed by atoms with Gasteiger partial charge in [-0.05, 0) is 39.2 Å². The highest BCUT2D eigenvalue weighted by Crippen LogP contribution is 2.24. The molecule has 1 N–H and O–H groups in total. The molecule has 2 heteroatoms. The molecular formula is C13H26N2. The second-order valence-electron chi connectivity index (χ2n) is 5.04. The molecule has 88 valence electrons. The standard InChI is InChI=1S/C13H26N2/c1-10(2)13(14-5)12(4)15-9-7-6-8-11(15)3/h10-11,13-14H,4,6-9H2,1-3,5H3/t11?,13-/m0/s1. The van der Waals surface area contributed by atoms with Crippen LogP contribution in [0.1, 0.15) is 40.0 Å². The van der Waals surface area contributed by atoms with E-state index in [1.165, 1.54) is 31.5 Å². The van der Waals surface area contributed by atoms with Crippen LogP contribution in [-0.4, -0.2) is 30.6 Å². The average molecular weight is 210 g/mol. The highest BCUT2D eigenvalue weighted by molar-refractivity contribution is 5.07. The zero-order chi connectivity index (χ0) is 11.4. The summed E-state index contributed by atoms with van der Waals surface area (Å²) in [6.07, 6.45) is 4.00. The molecule has 1 rings (SSSR count). The fourth-order valence-electron chi connectivity index (χ4n) is 2.59. The van der Waals surface area contributed by atoms with Crippen LogP contribution in [0.25, 0.3) is 0 Å². The van der Waals surface area contributed by atoms with Crippen LogP contribution in [-0.2, 0) is 0 Å². The molecule has 0 spiro atoms. The number of likely N-dealkylation sites (tertiary alicyclic amines) is 1. The molecule has 1 aliphatic heterocycles. The Morgan fingerprint density at radius 2 is 2.07 bits per heavy atom. The minimum absolute atomic E-state index is 0.422. The lowest BCUT2D eigenvalue weighted by Gasteiger charge is -2.40. The molecule has 0 aromatic heterocycles. The van der Waals surface area contributed by atoms with Gasteiger partial charge in [0.2, 0.25) is 0 Å². The number of likely N-dealkylation sites (N-methyl/N-ethyl adjacent to an activating group) is 1. The van der Waals surface area contributed by atoms with Crippen LogP contribution < -0.4 is 5.32 Å². The van der Waals surface area contributed by atoms with E-state index in [0.717, 1.165) is 0 Å². The van der Waals surface area contributed by atoms with Crippen LogP contribution in [0, 0.1) is 5.92 Å². The van der Waals surface area contributed by atoms with Crippen LogP contribution in [0.15, 0.2) is 12.3 Å². The summed E-state index contributed by atoms with van der Waals surface area (Å²) in [7, 11) is 2.03. The molecule has 1 unspecified atom stereocenters. The molecule has 2 atom stereocenters. The van der Waals surface area contributed by atoms with Gasteiger partial charge in [-0.3, -0.25) is 0 Å². The van der Waals surface area contributed by atoms with E-state index in [1.54, 1.807) is 0 Å². The van der Waals surface area contributed by atoms with E-state index in [-0.39, 0.29) is 0 Å². The van der Waals surface area contributed by atoms with Gasteiger partial charge in [-0.1, -0.05) is 20.4 Å². The molecule has 0 aliphatic carbocycles. The quantitative estimate of drug-likeness (QED) is 0.767. The highest BCUT2D eigenvalue weighted by Gasteiger charge is 2.25. The van der Waals surface area contributed by atoms with Crippen molar-refractivity contribution < 1.29 is 0 Å². The lowest BCUT2D eigenvalue weighted by Crippen LogP contribution is -2.45. The maximum atomic E-state index is 4.28. The predicted octanol–water partition coefficient (Wildman–Crippen LogP) is 2.62. The Morgan fingerprint density at radius 3 is 2.53 bits per heavy atom. The molecule has 1 fully saturated rings. The Morgan fingerprint density at radius 1 is 1.40 bits per heavy atom. The zero-order valence-corrected chi connectivity index (χ0v) is 10.7. The van der Waals surface area contributed by atoms with Crippen molar-refractivity contribution in [2.75, 3.05) is 13.6 Å². The van der Waals surface area contributed by atoms with Gasteiger partial charge in [-0.25, -0.2) is 0 Å². The van der Waals surface area contributed by atoms with Crippen molar-refractivity contribution in [3.63, 3.8) is 0 Å². The fourth-order valence-corrected chi connectivity index (χ4v) is 2.59. The van der Waals surface area contributed by atoms with E-state index in [1.807, 2.05) is 7.05 Å². The molecule has 1 heterocycles. The van der Waals surface area contributed by atoms with Gasteiger partial charge in [0.05, 0.1) is 0 Å². The lowest BCUT2D eigenvalue weighted by atomic mass is 9.96. The van der Waals surface area contributed by atoms with Gasteiger partial charge >= 0.3 is 0 Å². The van der Waals surface area contributed by atoms with Crippen LogP contribution in [0.3, 0.4) is 0 Å². The fraction of sp³-hybridized carbons (Fsp3) is 0.846. The van der Waals surface area contributed by atoms with E-state index in [0.29, 0.717) is 18.0 Å². The molecule has 0 radical (unpaired) electrons. The molecule has 0 saturated carbocycles. The summed E-state index contributed by atoms with van der Waals surface area (Å²) in [6, 6.07) is 1.09. The molecule has 0 bridgehead atoms. The maximum absolute atomic E-state index is 4.28. The summed E-state index contributed by atoms with van der Waals surface area (Å²) in [4.78, 5) is 2.49. The van der Waals surface area contributed by atoms with Crippen molar-refractivity contribution in [2.24, 2.45) is 5.92 Å². The summed E-state index contributed by atoms with van der Waals surface area (Å²) in [6.45, 7) is 12.3. The number of rotatable bonds is 4. The van der Waals surface area contributed by atoms with Gasteiger partial charge in [0.25, 0.3) is 0 Å². The van der Waals surface area contributed by atoms with Gasteiger partial charge in [-0.15, -0.1) is 0 Å². The Kier molecular flexibility index (Phi) is 4.65. The van der Waals surface area contributed by atoms with Crippen molar-refractivity contribution in [3.8, 4) is 0 Å². The Bertz CT molecular complexity index is 211. The predicted molar refractivity (Wildman–Crippen MR) is 66.8 cm³/mol. The molecule has 0 aromatic rings. The van der Waals surface area contributed by atoms with Crippen molar-refractivity contribution in [2.45, 2.75) is 52.1 Å². The third-order valence-corrected chi connectivity index (χ3v) is 3.51. The normalized spacial score (nSPS) is 24.3. The van der Waals surface area contributed by atoms with Gasteiger partial charge in [0, 0.05) is 24.3 Å². The minimum Gasteiger partial charge on any atom is -0.371 e. The van der Waals surface area contributed by atoms with E-state index in [2.05, 4.69) is 37.6 Å². The first-order valence-corrected chi connectivity index (χ1v) is 6.20. The molecule has 0 amide bonds. The SMILES string of the molecule is C=C([C@@H](NC)C(C)C)N1CCCCC1C. The van der Waals surface area contributed by atoms with Crippen molar-refractivity contribution in [1.82, 2.24) is 10.2 Å². The van der Waals surface area contributed by atoms with Crippen LogP contribution in [0.4, 0.5) is 0 Å². The topological polar surface area (TPSA) is 15.3 Å². The number of hydrogen-bond acceptors (Lipinski definition) is 2. The van der Waals surface area contributed by atoms with Crippen molar-refractivity contribution in [1.29, 1.82) is 0 Å². The monoisotopic (exact) mass is 210 g/mol. The van der Waals surface area contributed by atoms with Crippen LogP contribution in [0.2, 0.25) is 0 Å². The second-order valence-corrected chi connectivity index (χ2v) is 5.04. The zero-order valence-electron chi connectivity index (χ0n) is 10.7. The Balaban J connectivity index is 2.64. The lowest BCUT2D eigenvalue weighted by molar-refractivity contribution is 0.186. The number of piperidine rings is 1. The molecular weight excluding hydrogens is 184 g/mol. The van der Waals surface area contributed by atoms with Gasteiger partial charge in [0.15, 0.2) is 0 Å². The van der Waals surface area contributed by atoms with Gasteiger partial charge in [0.1, 0.15) is 0 Å². The molecule has 15 heavy (non-hydrogen) atoms. The van der Waals surface area contributed by atoms with E-state index >= 15 is 0 Å². The number of hydrogen-bond donors (Lipinski definition) is 1. The van der Waals surface area contributed by atoms with Gasteiger partial charge < -0.3 is 10.2 Å². The first kappa shape index (κ1) is 12.6. The second kappa shape index (κ2) is 5.55. The van der Waals surface area contributed by atoms with Crippen molar-refractivity contribution in [3.05, 3.63) is 12.3 Å². The third-order valence-electron chi connectivity index (χ3n) is 3.51. The molecule has 1 aliphatic rings. The van der Waals surface area contributed by atoms with Crippen molar-refractivity contribution >= 4 is 0 Å². The summed E-state index contributed by atoms with van der Waals surface area (Å²) in [5.41, 5.74) is 1.28. The summed E-state index contributed by atoms with van der Waals surface area (Å²) < 4.78 is 0. The summed E-state index contributed by atoms with van der Waals surface area (Å²) >= 11 is 0. The molecule has 1 saturated heterocycles. The average Bonchev–Trinajstić information content (AvgIpc) is 2.18. The largest absolute Gasteiger partial charge is 0.371 e. The third kappa shape index (κ3) is 2.97. The summed E-state index contributed by atoms with van der Waals surface area (Å²) in [5, 5.41) is 3.38. The first-order chi connectivity index (χ1) is 7.07. The van der Waals surface area contributed by atoms with Crippen LogP contribution in [0.5, 0.6) is 0 Å². The highest BCUT2D eigenvalue weighted by atomic mass is 15.2. The van der Waals surface area contributed by atoms with E-state index in [4.69, 9.17) is 0 Å². The first-order valence-electron chi connectivity index (χ1n) is 6.20. The smallest absolute Gasteiger partial charge is 0.0486 e.